The van der Waals surface area contributed by atoms with Gasteiger partial charge in [-0.05, 0) is 36.8 Å². The van der Waals surface area contributed by atoms with Crippen molar-refractivity contribution in [3.05, 3.63) is 82.7 Å². The lowest BCUT2D eigenvalue weighted by Crippen LogP contribution is -2.31. The van der Waals surface area contributed by atoms with E-state index in [-0.39, 0.29) is 11.5 Å². The highest BCUT2D eigenvalue weighted by atomic mass is 79.9. The number of rotatable bonds is 6. The van der Waals surface area contributed by atoms with E-state index in [0.29, 0.717) is 40.1 Å². The third-order valence-electron chi connectivity index (χ3n) is 6.39. The topological polar surface area (TPSA) is 96.8 Å². The van der Waals surface area contributed by atoms with Crippen molar-refractivity contribution in [1.29, 1.82) is 0 Å². The molecule has 0 atom stereocenters. The zero-order valence-electron chi connectivity index (χ0n) is 19.4. The zero-order valence-corrected chi connectivity index (χ0v) is 21.0. The van der Waals surface area contributed by atoms with Crippen LogP contribution in [0.1, 0.15) is 31.0 Å². The van der Waals surface area contributed by atoms with Crippen LogP contribution < -0.4 is 4.90 Å². The minimum Gasteiger partial charge on any atom is -0.361 e. The molecule has 3 aromatic heterocycles. The number of imide groups is 1. The number of aryl methyl sites for hydroxylation is 1. The Bertz CT molecular complexity index is 1680. The van der Waals surface area contributed by atoms with Crippen LogP contribution in [0.15, 0.2) is 71.5 Å². The van der Waals surface area contributed by atoms with Crippen LogP contribution in [0, 0.1) is 0 Å². The molecule has 0 aliphatic carbocycles. The zero-order chi connectivity index (χ0) is 24.8. The number of hydrogen-bond acceptors (Lipinski definition) is 5. The highest BCUT2D eigenvalue weighted by molar-refractivity contribution is 9.10. The van der Waals surface area contributed by atoms with E-state index in [2.05, 4.69) is 38.0 Å². The molecule has 1 aliphatic heterocycles. The minimum absolute atomic E-state index is 0.265. The van der Waals surface area contributed by atoms with Crippen LogP contribution in [0.4, 0.5) is 5.69 Å². The number of nitrogens with zero attached hydrogens (tertiary/aromatic N) is 5. The van der Waals surface area contributed by atoms with Gasteiger partial charge in [-0.2, -0.15) is 10.2 Å². The number of unbranched alkanes of at least 4 members (excludes halogenated alkanes) is 1. The third kappa shape index (κ3) is 3.46. The van der Waals surface area contributed by atoms with Crippen LogP contribution in [0.25, 0.3) is 33.1 Å². The maximum atomic E-state index is 14.0. The summed E-state index contributed by atoms with van der Waals surface area (Å²) in [5.74, 6) is -0.796. The van der Waals surface area contributed by atoms with Gasteiger partial charge in [-0.3, -0.25) is 9.59 Å². The molecule has 0 saturated carbocycles. The molecule has 36 heavy (non-hydrogen) atoms. The first-order valence-electron chi connectivity index (χ1n) is 11.7. The quantitative estimate of drug-likeness (QED) is 0.292. The number of anilines is 1. The summed E-state index contributed by atoms with van der Waals surface area (Å²) in [5.41, 5.74) is 3.63. The molecule has 0 fully saturated rings. The Morgan fingerprint density at radius 1 is 0.972 bits per heavy atom. The predicted molar refractivity (Wildman–Crippen MR) is 142 cm³/mol. The van der Waals surface area contributed by atoms with Crippen LogP contribution >= 0.6 is 15.9 Å². The Morgan fingerprint density at radius 2 is 1.78 bits per heavy atom. The second-order valence-corrected chi connectivity index (χ2v) is 9.53. The van der Waals surface area contributed by atoms with Crippen molar-refractivity contribution in [2.45, 2.75) is 26.3 Å². The van der Waals surface area contributed by atoms with Crippen LogP contribution in [0.2, 0.25) is 0 Å². The van der Waals surface area contributed by atoms with Gasteiger partial charge in [0.15, 0.2) is 5.65 Å². The van der Waals surface area contributed by atoms with Gasteiger partial charge in [-0.1, -0.05) is 53.5 Å². The van der Waals surface area contributed by atoms with Crippen molar-refractivity contribution in [2.75, 3.05) is 4.90 Å². The molecule has 6 rings (SSSR count). The highest BCUT2D eigenvalue weighted by Gasteiger charge is 2.43. The Hall–Kier alpha value is -4.11. The number of fused-ring (bicyclic) bond motifs is 2. The lowest BCUT2D eigenvalue weighted by molar-refractivity contribution is -0.119. The molecule has 1 aliphatic rings. The Morgan fingerprint density at radius 3 is 2.58 bits per heavy atom. The second kappa shape index (κ2) is 8.83. The molecular formula is C27H21BrN6O2. The first-order valence-corrected chi connectivity index (χ1v) is 12.5. The number of nitrogens with one attached hydrogen (secondary N) is 1. The van der Waals surface area contributed by atoms with Gasteiger partial charge in [0.05, 0.1) is 28.4 Å². The summed E-state index contributed by atoms with van der Waals surface area (Å²) in [6, 6.07) is 16.6. The highest BCUT2D eigenvalue weighted by Crippen LogP contribution is 2.41. The largest absolute Gasteiger partial charge is 0.361 e. The standard InChI is InChI=1S/C27H21BrN6O2/c1-2-3-13-33-25-19(11-12-30-31-25)24(32-33)23-22(20-15-29-21-14-16(28)9-10-18(20)21)26(35)34(27(23)36)17-7-5-4-6-8-17/h4-12,14-15,29H,2-3,13H2,1H3. The number of para-hydroxylation sites is 1. The number of aromatic amines is 1. The minimum atomic E-state index is -0.411. The van der Waals surface area contributed by atoms with Crippen molar-refractivity contribution in [3.8, 4) is 0 Å². The van der Waals surface area contributed by atoms with E-state index in [1.54, 1.807) is 47.4 Å². The molecule has 2 amide bonds. The molecule has 2 aromatic carbocycles. The average molecular weight is 541 g/mol. The van der Waals surface area contributed by atoms with E-state index in [0.717, 1.165) is 28.2 Å². The van der Waals surface area contributed by atoms with Crippen molar-refractivity contribution < 1.29 is 9.59 Å². The summed E-state index contributed by atoms with van der Waals surface area (Å²) < 4.78 is 2.69. The van der Waals surface area contributed by atoms with Gasteiger partial charge in [0.2, 0.25) is 0 Å². The van der Waals surface area contributed by atoms with Crippen LogP contribution in [-0.2, 0) is 16.1 Å². The number of carbonyl (C=O) groups excluding carboxylic acids is 2. The van der Waals surface area contributed by atoms with E-state index >= 15 is 0 Å². The van der Waals surface area contributed by atoms with Gasteiger partial charge >= 0.3 is 0 Å². The fourth-order valence-electron chi connectivity index (χ4n) is 4.69. The van der Waals surface area contributed by atoms with Crippen LogP contribution in [0.3, 0.4) is 0 Å². The number of benzene rings is 2. The van der Waals surface area contributed by atoms with E-state index in [1.165, 1.54) is 4.90 Å². The van der Waals surface area contributed by atoms with Crippen molar-refractivity contribution in [3.63, 3.8) is 0 Å². The Labute approximate surface area is 214 Å². The first kappa shape index (κ1) is 22.4. The lowest BCUT2D eigenvalue weighted by atomic mass is 9.98. The van der Waals surface area contributed by atoms with Gasteiger partial charge in [-0.25, -0.2) is 9.58 Å². The number of amides is 2. The number of aromatic nitrogens is 5. The van der Waals surface area contributed by atoms with Crippen molar-refractivity contribution in [2.24, 2.45) is 0 Å². The molecule has 0 unspecified atom stereocenters. The molecule has 0 radical (unpaired) electrons. The summed E-state index contributed by atoms with van der Waals surface area (Å²) >= 11 is 3.50. The fourth-order valence-corrected chi connectivity index (χ4v) is 5.05. The van der Waals surface area contributed by atoms with Gasteiger partial charge in [-0.15, -0.1) is 5.10 Å². The molecule has 1 N–H and O–H groups in total. The summed E-state index contributed by atoms with van der Waals surface area (Å²) in [6.07, 6.45) is 5.24. The van der Waals surface area contributed by atoms with Gasteiger partial charge in [0.1, 0.15) is 5.69 Å². The number of halogens is 1. The molecule has 178 valence electrons. The molecule has 4 heterocycles. The normalized spacial score (nSPS) is 14.1. The fraction of sp³-hybridized carbons (Fsp3) is 0.148. The van der Waals surface area contributed by atoms with Gasteiger partial charge in [0.25, 0.3) is 11.8 Å². The van der Waals surface area contributed by atoms with Crippen molar-refractivity contribution in [1.82, 2.24) is 25.0 Å². The number of H-pyrrole nitrogens is 1. The molecule has 8 nitrogen and oxygen atoms in total. The average Bonchev–Trinajstić information content (AvgIpc) is 3.54. The maximum Gasteiger partial charge on any atom is 0.268 e. The summed E-state index contributed by atoms with van der Waals surface area (Å²) in [7, 11) is 0. The second-order valence-electron chi connectivity index (χ2n) is 8.62. The SMILES string of the molecule is CCCCn1nc(C2=C(c3c[nH]c4cc(Br)ccc34)C(=O)N(c3ccccc3)C2=O)c2ccnnc21. The monoisotopic (exact) mass is 540 g/mol. The maximum absolute atomic E-state index is 14.0. The van der Waals surface area contributed by atoms with E-state index in [4.69, 9.17) is 5.10 Å². The molecular weight excluding hydrogens is 520 g/mol. The van der Waals surface area contributed by atoms with Crippen molar-refractivity contribution >= 4 is 66.5 Å². The van der Waals surface area contributed by atoms with Gasteiger partial charge in [0, 0.05) is 33.7 Å². The summed E-state index contributed by atoms with van der Waals surface area (Å²) in [4.78, 5) is 32.5. The molecule has 0 bridgehead atoms. The predicted octanol–water partition coefficient (Wildman–Crippen LogP) is 5.35. The number of hydrogen-bond donors (Lipinski definition) is 1. The lowest BCUT2D eigenvalue weighted by Gasteiger charge is -2.14. The Kier molecular flexibility index (Phi) is 5.49. The summed E-state index contributed by atoms with van der Waals surface area (Å²) in [5, 5.41) is 14.7. The first-order chi connectivity index (χ1) is 17.6. The molecule has 0 spiro atoms. The van der Waals surface area contributed by atoms with Crippen LogP contribution in [-0.4, -0.2) is 36.8 Å². The smallest absolute Gasteiger partial charge is 0.268 e. The van der Waals surface area contributed by atoms with E-state index in [9.17, 15) is 9.59 Å². The molecule has 9 heteroatoms. The van der Waals surface area contributed by atoms with E-state index in [1.807, 2.05) is 24.3 Å². The Balaban J connectivity index is 1.64. The number of carbonyl (C=O) groups is 2. The van der Waals surface area contributed by atoms with Gasteiger partial charge < -0.3 is 4.98 Å². The van der Waals surface area contributed by atoms with E-state index < -0.39 is 5.91 Å². The molecule has 5 aromatic rings. The molecule has 0 saturated heterocycles. The summed E-state index contributed by atoms with van der Waals surface area (Å²) in [6.45, 7) is 2.74. The van der Waals surface area contributed by atoms with Crippen LogP contribution in [0.5, 0.6) is 0 Å². The third-order valence-corrected chi connectivity index (χ3v) is 6.89.